The van der Waals surface area contributed by atoms with Crippen LogP contribution in [0.1, 0.15) is 13.8 Å². The van der Waals surface area contributed by atoms with Gasteiger partial charge in [-0.1, -0.05) is 24.3 Å². The fraction of sp³-hybridized carbons (Fsp3) is 0.538. The van der Waals surface area contributed by atoms with E-state index in [2.05, 4.69) is 48.6 Å². The Kier molecular flexibility index (Phi) is 4.63. The monoisotopic (exact) mass is 206 g/mol. The summed E-state index contributed by atoms with van der Waals surface area (Å²) in [7, 11) is 2.18. The molecule has 1 aliphatic rings. The van der Waals surface area contributed by atoms with Crippen LogP contribution in [0.4, 0.5) is 0 Å². The summed E-state index contributed by atoms with van der Waals surface area (Å²) in [5, 5.41) is 0. The van der Waals surface area contributed by atoms with Crippen molar-refractivity contribution in [2.45, 2.75) is 13.8 Å². The van der Waals surface area contributed by atoms with Crippen LogP contribution in [0.5, 0.6) is 0 Å². The molecule has 1 aliphatic heterocycles. The van der Waals surface area contributed by atoms with Crippen molar-refractivity contribution >= 4 is 0 Å². The summed E-state index contributed by atoms with van der Waals surface area (Å²) in [4.78, 5) is 4.80. The normalized spacial score (nSPS) is 19.9. The molecule has 0 amide bonds. The molecule has 0 aliphatic carbocycles. The summed E-state index contributed by atoms with van der Waals surface area (Å²) in [5.74, 6) is 0. The van der Waals surface area contributed by atoms with Crippen LogP contribution in [-0.2, 0) is 0 Å². The summed E-state index contributed by atoms with van der Waals surface area (Å²) in [5.41, 5.74) is 2.41. The molecular weight excluding hydrogens is 184 g/mol. The van der Waals surface area contributed by atoms with Crippen molar-refractivity contribution in [2.24, 2.45) is 0 Å². The minimum absolute atomic E-state index is 1.10. The zero-order valence-corrected chi connectivity index (χ0v) is 10.2. The highest BCUT2D eigenvalue weighted by atomic mass is 15.2. The van der Waals surface area contributed by atoms with Gasteiger partial charge in [0, 0.05) is 31.9 Å². The van der Waals surface area contributed by atoms with E-state index >= 15 is 0 Å². The zero-order valence-electron chi connectivity index (χ0n) is 10.2. The Hall–Kier alpha value is -1.02. The van der Waals surface area contributed by atoms with E-state index in [-0.39, 0.29) is 0 Å². The molecule has 0 saturated carbocycles. The molecule has 1 fully saturated rings. The van der Waals surface area contributed by atoms with E-state index in [1.165, 1.54) is 5.70 Å². The Balaban J connectivity index is 2.56. The second kappa shape index (κ2) is 5.76. The summed E-state index contributed by atoms with van der Waals surface area (Å²) in [6.07, 6.45) is 6.41. The van der Waals surface area contributed by atoms with Gasteiger partial charge < -0.3 is 9.80 Å². The van der Waals surface area contributed by atoms with Crippen LogP contribution >= 0.6 is 0 Å². The van der Waals surface area contributed by atoms with E-state index in [9.17, 15) is 0 Å². The lowest BCUT2D eigenvalue weighted by Crippen LogP contribution is -2.43. The molecular formula is C13H22N2. The van der Waals surface area contributed by atoms with Crippen molar-refractivity contribution < 1.29 is 0 Å². The molecule has 15 heavy (non-hydrogen) atoms. The van der Waals surface area contributed by atoms with Gasteiger partial charge in [0.2, 0.25) is 0 Å². The molecule has 0 atom stereocenters. The van der Waals surface area contributed by atoms with Gasteiger partial charge >= 0.3 is 0 Å². The maximum atomic E-state index is 3.88. The van der Waals surface area contributed by atoms with Gasteiger partial charge in [0.25, 0.3) is 0 Å². The first-order chi connectivity index (χ1) is 7.13. The van der Waals surface area contributed by atoms with Crippen LogP contribution in [-0.4, -0.2) is 43.0 Å². The second-order valence-electron chi connectivity index (χ2n) is 4.18. The largest absolute Gasteiger partial charge is 0.369 e. The molecule has 1 heterocycles. The number of hydrogen-bond donors (Lipinski definition) is 0. The van der Waals surface area contributed by atoms with Crippen LogP contribution < -0.4 is 0 Å². The maximum Gasteiger partial charge on any atom is 0.0323 e. The van der Waals surface area contributed by atoms with E-state index in [0.29, 0.717) is 0 Å². The Labute approximate surface area is 93.6 Å². The van der Waals surface area contributed by atoms with E-state index < -0.39 is 0 Å². The third kappa shape index (κ3) is 3.92. The smallest absolute Gasteiger partial charge is 0.0323 e. The molecule has 0 aromatic rings. The third-order valence-electron chi connectivity index (χ3n) is 2.70. The predicted octanol–water partition coefficient (Wildman–Crippen LogP) is 2.27. The lowest BCUT2D eigenvalue weighted by molar-refractivity contribution is 0.190. The highest BCUT2D eigenvalue weighted by molar-refractivity contribution is 5.24. The minimum Gasteiger partial charge on any atom is -0.369 e. The molecule has 2 nitrogen and oxygen atoms in total. The van der Waals surface area contributed by atoms with Gasteiger partial charge in [-0.2, -0.15) is 0 Å². The van der Waals surface area contributed by atoms with Crippen molar-refractivity contribution in [1.82, 2.24) is 9.80 Å². The highest BCUT2D eigenvalue weighted by Gasteiger charge is 2.13. The number of rotatable bonds is 3. The van der Waals surface area contributed by atoms with Crippen LogP contribution in [0.15, 0.2) is 36.1 Å². The van der Waals surface area contributed by atoms with Crippen LogP contribution in [0, 0.1) is 0 Å². The van der Waals surface area contributed by atoms with Crippen molar-refractivity contribution in [3.05, 3.63) is 36.1 Å². The van der Waals surface area contributed by atoms with Gasteiger partial charge in [-0.3, -0.25) is 0 Å². The van der Waals surface area contributed by atoms with E-state index in [1.54, 1.807) is 0 Å². The van der Waals surface area contributed by atoms with E-state index in [1.807, 2.05) is 6.92 Å². The number of likely N-dealkylation sites (N-methyl/N-ethyl adjacent to an activating group) is 1. The molecule has 0 unspecified atom stereocenters. The van der Waals surface area contributed by atoms with Crippen LogP contribution in [0.3, 0.4) is 0 Å². The lowest BCUT2D eigenvalue weighted by Gasteiger charge is -2.34. The lowest BCUT2D eigenvalue weighted by atomic mass is 10.2. The summed E-state index contributed by atoms with van der Waals surface area (Å²) >= 11 is 0. The Morgan fingerprint density at radius 2 is 1.73 bits per heavy atom. The topological polar surface area (TPSA) is 6.48 Å². The van der Waals surface area contributed by atoms with Gasteiger partial charge in [0.05, 0.1) is 0 Å². The minimum atomic E-state index is 1.10. The van der Waals surface area contributed by atoms with Crippen molar-refractivity contribution in [1.29, 1.82) is 0 Å². The average molecular weight is 206 g/mol. The van der Waals surface area contributed by atoms with Crippen molar-refractivity contribution in [3.8, 4) is 0 Å². The SMILES string of the molecule is C=C(C)/C=C\C(=C/C)N1CCN(C)CC1. The first-order valence-electron chi connectivity index (χ1n) is 5.57. The number of piperazine rings is 1. The number of hydrogen-bond acceptors (Lipinski definition) is 2. The summed E-state index contributed by atoms with van der Waals surface area (Å²) < 4.78 is 0. The fourth-order valence-electron chi connectivity index (χ4n) is 1.68. The first-order valence-corrected chi connectivity index (χ1v) is 5.57. The molecule has 1 saturated heterocycles. The molecule has 0 aromatic heterocycles. The van der Waals surface area contributed by atoms with Gasteiger partial charge in [-0.05, 0) is 27.0 Å². The Morgan fingerprint density at radius 1 is 1.13 bits per heavy atom. The summed E-state index contributed by atoms with van der Waals surface area (Å²) in [6, 6.07) is 0. The zero-order chi connectivity index (χ0) is 11.3. The second-order valence-corrected chi connectivity index (χ2v) is 4.18. The number of nitrogens with zero attached hydrogens (tertiary/aromatic N) is 2. The standard InChI is InChI=1S/C13H22N2/c1-5-13(7-6-12(2)3)15-10-8-14(4)9-11-15/h5-7H,2,8-11H2,1,3-4H3/b7-6-,13-5+. The van der Waals surface area contributed by atoms with Crippen LogP contribution in [0.2, 0.25) is 0 Å². The van der Waals surface area contributed by atoms with Gasteiger partial charge in [0.1, 0.15) is 0 Å². The quantitative estimate of drug-likeness (QED) is 0.654. The van der Waals surface area contributed by atoms with Crippen LogP contribution in [0.25, 0.3) is 0 Å². The molecule has 2 heteroatoms. The predicted molar refractivity (Wildman–Crippen MR) is 66.8 cm³/mol. The molecule has 0 bridgehead atoms. The third-order valence-corrected chi connectivity index (χ3v) is 2.70. The molecule has 0 radical (unpaired) electrons. The molecule has 0 aromatic carbocycles. The van der Waals surface area contributed by atoms with Crippen molar-refractivity contribution in [3.63, 3.8) is 0 Å². The maximum absolute atomic E-state index is 3.88. The van der Waals surface area contributed by atoms with E-state index in [0.717, 1.165) is 31.8 Å². The van der Waals surface area contributed by atoms with Crippen molar-refractivity contribution in [2.75, 3.05) is 33.2 Å². The van der Waals surface area contributed by atoms with Gasteiger partial charge in [0.15, 0.2) is 0 Å². The van der Waals surface area contributed by atoms with Gasteiger partial charge in [-0.15, -0.1) is 0 Å². The van der Waals surface area contributed by atoms with E-state index in [4.69, 9.17) is 0 Å². The first kappa shape index (κ1) is 12.1. The molecule has 1 rings (SSSR count). The molecule has 0 spiro atoms. The fourth-order valence-corrected chi connectivity index (χ4v) is 1.68. The molecule has 84 valence electrons. The highest BCUT2D eigenvalue weighted by Crippen LogP contribution is 2.10. The number of allylic oxidation sites excluding steroid dienone is 4. The average Bonchev–Trinajstić information content (AvgIpc) is 2.21. The summed E-state index contributed by atoms with van der Waals surface area (Å²) in [6.45, 7) is 12.5. The molecule has 0 N–H and O–H groups in total. The Morgan fingerprint density at radius 3 is 2.20 bits per heavy atom. The Bertz CT molecular complexity index is 268. The van der Waals surface area contributed by atoms with Gasteiger partial charge in [-0.25, -0.2) is 0 Å².